The van der Waals surface area contributed by atoms with E-state index in [1.807, 2.05) is 0 Å². The standard InChI is InChI=1S/C13H15FN2O4/c1-7(5-12(18)19)15-13(20)10-6-9(16-8(2)17)3-4-11(10)14/h3-4,6-7H,5H2,1-2H3,(H,15,20)(H,16,17)(H,18,19). The van der Waals surface area contributed by atoms with Crippen LogP contribution in [-0.4, -0.2) is 28.9 Å². The minimum Gasteiger partial charge on any atom is -0.481 e. The summed E-state index contributed by atoms with van der Waals surface area (Å²) in [5.74, 6) is -2.89. The maximum Gasteiger partial charge on any atom is 0.305 e. The van der Waals surface area contributed by atoms with Crippen LogP contribution in [0.15, 0.2) is 18.2 Å². The van der Waals surface area contributed by atoms with Crippen molar-refractivity contribution in [2.45, 2.75) is 26.3 Å². The van der Waals surface area contributed by atoms with Gasteiger partial charge in [0.05, 0.1) is 12.0 Å². The predicted octanol–water partition coefficient (Wildman–Crippen LogP) is 1.38. The number of benzene rings is 1. The number of hydrogen-bond acceptors (Lipinski definition) is 3. The van der Waals surface area contributed by atoms with E-state index in [1.165, 1.54) is 26.0 Å². The normalized spacial score (nSPS) is 11.6. The molecule has 108 valence electrons. The number of aliphatic carboxylic acids is 1. The third-order valence-electron chi connectivity index (χ3n) is 2.39. The lowest BCUT2D eigenvalue weighted by molar-refractivity contribution is -0.137. The molecule has 3 N–H and O–H groups in total. The Morgan fingerprint density at radius 3 is 2.55 bits per heavy atom. The number of amides is 2. The molecule has 0 aliphatic rings. The molecule has 0 aliphatic heterocycles. The summed E-state index contributed by atoms with van der Waals surface area (Å²) < 4.78 is 13.6. The predicted molar refractivity (Wildman–Crippen MR) is 69.9 cm³/mol. The van der Waals surface area contributed by atoms with Crippen LogP contribution in [0.1, 0.15) is 30.6 Å². The van der Waals surface area contributed by atoms with E-state index in [0.29, 0.717) is 0 Å². The van der Waals surface area contributed by atoms with E-state index in [-0.39, 0.29) is 23.6 Å². The monoisotopic (exact) mass is 282 g/mol. The highest BCUT2D eigenvalue weighted by molar-refractivity contribution is 5.97. The lowest BCUT2D eigenvalue weighted by Crippen LogP contribution is -2.34. The molecule has 0 saturated carbocycles. The maximum absolute atomic E-state index is 13.6. The van der Waals surface area contributed by atoms with Crippen LogP contribution in [0.3, 0.4) is 0 Å². The van der Waals surface area contributed by atoms with Crippen LogP contribution in [0.25, 0.3) is 0 Å². The second-order valence-electron chi connectivity index (χ2n) is 4.35. The van der Waals surface area contributed by atoms with Crippen molar-refractivity contribution in [3.8, 4) is 0 Å². The molecule has 1 aromatic rings. The Balaban J connectivity index is 2.86. The average Bonchev–Trinajstić information content (AvgIpc) is 2.29. The van der Waals surface area contributed by atoms with Gasteiger partial charge in [-0.15, -0.1) is 0 Å². The first-order valence-corrected chi connectivity index (χ1v) is 5.89. The van der Waals surface area contributed by atoms with Gasteiger partial charge in [-0.25, -0.2) is 4.39 Å². The summed E-state index contributed by atoms with van der Waals surface area (Å²) in [6.45, 7) is 2.79. The molecular formula is C13H15FN2O4. The highest BCUT2D eigenvalue weighted by atomic mass is 19.1. The van der Waals surface area contributed by atoms with Crippen LogP contribution in [0.4, 0.5) is 10.1 Å². The van der Waals surface area contributed by atoms with Crippen molar-refractivity contribution in [1.29, 1.82) is 0 Å². The van der Waals surface area contributed by atoms with Gasteiger partial charge in [0.15, 0.2) is 0 Å². The molecule has 1 rings (SSSR count). The second-order valence-corrected chi connectivity index (χ2v) is 4.35. The maximum atomic E-state index is 13.6. The molecule has 20 heavy (non-hydrogen) atoms. The summed E-state index contributed by atoms with van der Waals surface area (Å²) in [7, 11) is 0. The van der Waals surface area contributed by atoms with Crippen LogP contribution in [0, 0.1) is 5.82 Å². The third kappa shape index (κ3) is 4.68. The quantitative estimate of drug-likeness (QED) is 0.760. The molecule has 0 fully saturated rings. The van der Waals surface area contributed by atoms with Gasteiger partial charge in [-0.3, -0.25) is 14.4 Å². The number of carbonyl (C=O) groups excluding carboxylic acids is 2. The fraction of sp³-hybridized carbons (Fsp3) is 0.308. The summed E-state index contributed by atoms with van der Waals surface area (Å²) in [5, 5.41) is 13.4. The molecule has 1 unspecified atom stereocenters. The number of carboxylic acid groups (broad SMARTS) is 1. The molecule has 6 nitrogen and oxygen atoms in total. The van der Waals surface area contributed by atoms with Gasteiger partial charge >= 0.3 is 5.97 Å². The molecule has 2 amide bonds. The molecule has 0 aromatic heterocycles. The van der Waals surface area contributed by atoms with Gasteiger partial charge in [-0.05, 0) is 25.1 Å². The number of carbonyl (C=O) groups is 3. The van der Waals surface area contributed by atoms with Crippen molar-refractivity contribution >= 4 is 23.5 Å². The van der Waals surface area contributed by atoms with Crippen LogP contribution in [-0.2, 0) is 9.59 Å². The first-order chi connectivity index (χ1) is 9.29. The van der Waals surface area contributed by atoms with Crippen LogP contribution in [0.2, 0.25) is 0 Å². The Bertz CT molecular complexity index is 545. The molecule has 0 heterocycles. The minimum atomic E-state index is -1.06. The van der Waals surface area contributed by atoms with Gasteiger partial charge in [0.25, 0.3) is 5.91 Å². The Labute approximate surface area is 115 Å². The van der Waals surface area contributed by atoms with E-state index < -0.39 is 23.7 Å². The van der Waals surface area contributed by atoms with E-state index in [4.69, 9.17) is 5.11 Å². The third-order valence-corrected chi connectivity index (χ3v) is 2.39. The largest absolute Gasteiger partial charge is 0.481 e. The van der Waals surface area contributed by atoms with Gasteiger partial charge in [0.1, 0.15) is 5.82 Å². The lowest BCUT2D eigenvalue weighted by Gasteiger charge is -2.13. The molecule has 0 radical (unpaired) electrons. The number of hydrogen-bond donors (Lipinski definition) is 3. The molecule has 7 heteroatoms. The smallest absolute Gasteiger partial charge is 0.305 e. The summed E-state index contributed by atoms with van der Waals surface area (Å²) >= 11 is 0. The molecule has 1 atom stereocenters. The van der Waals surface area contributed by atoms with Crippen molar-refractivity contribution in [3.63, 3.8) is 0 Å². The highest BCUT2D eigenvalue weighted by Crippen LogP contribution is 2.15. The molecule has 0 spiro atoms. The fourth-order valence-corrected chi connectivity index (χ4v) is 1.59. The zero-order chi connectivity index (χ0) is 15.3. The molecular weight excluding hydrogens is 267 g/mol. The zero-order valence-corrected chi connectivity index (χ0v) is 11.1. The van der Waals surface area contributed by atoms with Crippen molar-refractivity contribution in [2.75, 3.05) is 5.32 Å². The van der Waals surface area contributed by atoms with Crippen LogP contribution < -0.4 is 10.6 Å². The van der Waals surface area contributed by atoms with E-state index in [9.17, 15) is 18.8 Å². The van der Waals surface area contributed by atoms with Gasteiger partial charge in [0, 0.05) is 18.7 Å². The number of anilines is 1. The lowest BCUT2D eigenvalue weighted by atomic mass is 10.1. The van der Waals surface area contributed by atoms with Crippen molar-refractivity contribution in [2.24, 2.45) is 0 Å². The van der Waals surface area contributed by atoms with Gasteiger partial charge in [-0.1, -0.05) is 0 Å². The Morgan fingerprint density at radius 2 is 2.00 bits per heavy atom. The van der Waals surface area contributed by atoms with Crippen molar-refractivity contribution in [3.05, 3.63) is 29.6 Å². The first kappa shape index (κ1) is 15.6. The Kier molecular flexibility index (Phi) is 5.19. The number of nitrogens with one attached hydrogen (secondary N) is 2. The number of rotatable bonds is 5. The SMILES string of the molecule is CC(=O)Nc1ccc(F)c(C(=O)NC(C)CC(=O)O)c1. The van der Waals surface area contributed by atoms with E-state index in [0.717, 1.165) is 6.07 Å². The topological polar surface area (TPSA) is 95.5 Å². The molecule has 1 aromatic carbocycles. The highest BCUT2D eigenvalue weighted by Gasteiger charge is 2.16. The first-order valence-electron chi connectivity index (χ1n) is 5.89. The second kappa shape index (κ2) is 6.65. The van der Waals surface area contributed by atoms with E-state index in [2.05, 4.69) is 10.6 Å². The van der Waals surface area contributed by atoms with Gasteiger partial charge in [-0.2, -0.15) is 0 Å². The summed E-state index contributed by atoms with van der Waals surface area (Å²) in [6.07, 6.45) is -0.265. The summed E-state index contributed by atoms with van der Waals surface area (Å²) in [4.78, 5) is 33.2. The average molecular weight is 282 g/mol. The molecule has 0 bridgehead atoms. The van der Waals surface area contributed by atoms with Crippen molar-refractivity contribution in [1.82, 2.24) is 5.32 Å². The van der Waals surface area contributed by atoms with Crippen LogP contribution in [0.5, 0.6) is 0 Å². The molecule has 0 aliphatic carbocycles. The number of carboxylic acids is 1. The summed E-state index contributed by atoms with van der Waals surface area (Å²) in [6, 6.07) is 2.94. The molecule has 0 saturated heterocycles. The number of halogens is 1. The summed E-state index contributed by atoms with van der Waals surface area (Å²) in [5.41, 5.74) is 0.0310. The zero-order valence-electron chi connectivity index (χ0n) is 11.1. The minimum absolute atomic E-state index is 0.256. The van der Waals surface area contributed by atoms with Crippen molar-refractivity contribution < 1.29 is 23.9 Å². The fourth-order valence-electron chi connectivity index (χ4n) is 1.59. The Hall–Kier alpha value is -2.44. The Morgan fingerprint density at radius 1 is 1.35 bits per heavy atom. The van der Waals surface area contributed by atoms with Gasteiger partial charge < -0.3 is 15.7 Å². The van der Waals surface area contributed by atoms with Gasteiger partial charge in [0.2, 0.25) is 5.91 Å². The van der Waals surface area contributed by atoms with Crippen LogP contribution >= 0.6 is 0 Å². The van der Waals surface area contributed by atoms with E-state index >= 15 is 0 Å². The van der Waals surface area contributed by atoms with E-state index in [1.54, 1.807) is 0 Å².